The van der Waals surface area contributed by atoms with Gasteiger partial charge in [0.1, 0.15) is 5.69 Å². The second-order valence-corrected chi connectivity index (χ2v) is 7.07. The molecule has 140 valence electrons. The van der Waals surface area contributed by atoms with Crippen molar-refractivity contribution in [2.45, 2.75) is 13.5 Å². The second-order valence-electron chi connectivity index (χ2n) is 6.64. The summed E-state index contributed by atoms with van der Waals surface area (Å²) in [6.45, 7) is 5.58. The van der Waals surface area contributed by atoms with Crippen molar-refractivity contribution in [1.82, 2.24) is 9.47 Å². The van der Waals surface area contributed by atoms with Gasteiger partial charge in [-0.25, -0.2) is 0 Å². The lowest BCUT2D eigenvalue weighted by Gasteiger charge is -2.36. The molecule has 0 aliphatic carbocycles. The number of fused-ring (bicyclic) bond motifs is 1. The van der Waals surface area contributed by atoms with Gasteiger partial charge in [0.05, 0.1) is 11.8 Å². The maximum absolute atomic E-state index is 13.1. The largest absolute Gasteiger partial charge is 0.463 e. The number of rotatable bonds is 4. The Morgan fingerprint density at radius 3 is 2.74 bits per heavy atom. The first kappa shape index (κ1) is 17.7. The number of benzene rings is 1. The fourth-order valence-corrected chi connectivity index (χ4v) is 3.75. The lowest BCUT2D eigenvalue weighted by molar-refractivity contribution is 0.0737. The number of halogens is 1. The van der Waals surface area contributed by atoms with E-state index in [1.807, 2.05) is 58.9 Å². The van der Waals surface area contributed by atoms with Crippen molar-refractivity contribution >= 4 is 34.3 Å². The molecule has 1 fully saturated rings. The van der Waals surface area contributed by atoms with Crippen LogP contribution in [0.5, 0.6) is 0 Å². The third-order valence-electron chi connectivity index (χ3n) is 5.01. The molecule has 1 amide bonds. The highest BCUT2D eigenvalue weighted by Crippen LogP contribution is 2.24. The molecule has 6 heteroatoms. The molecule has 1 aromatic carbocycles. The normalized spacial score (nSPS) is 15.2. The molecular weight excluding hydrogens is 362 g/mol. The second kappa shape index (κ2) is 7.53. The van der Waals surface area contributed by atoms with Gasteiger partial charge in [-0.15, -0.1) is 0 Å². The Morgan fingerprint density at radius 1 is 1.19 bits per heavy atom. The van der Waals surface area contributed by atoms with E-state index in [9.17, 15) is 4.79 Å². The lowest BCUT2D eigenvalue weighted by Crippen LogP contribution is -2.49. The smallest absolute Gasteiger partial charge is 0.270 e. The Morgan fingerprint density at radius 2 is 2.00 bits per heavy atom. The van der Waals surface area contributed by atoms with Crippen molar-refractivity contribution in [1.29, 1.82) is 0 Å². The van der Waals surface area contributed by atoms with Crippen LogP contribution in [0, 0.1) is 0 Å². The van der Waals surface area contributed by atoms with Crippen LogP contribution in [0.2, 0.25) is 5.02 Å². The summed E-state index contributed by atoms with van der Waals surface area (Å²) >= 11 is 6.10. The highest BCUT2D eigenvalue weighted by Gasteiger charge is 2.26. The molecule has 1 aliphatic heterocycles. The summed E-state index contributed by atoms with van der Waals surface area (Å²) in [6, 6.07) is 11.6. The summed E-state index contributed by atoms with van der Waals surface area (Å²) in [7, 11) is 0. The van der Waals surface area contributed by atoms with Crippen molar-refractivity contribution in [3.63, 3.8) is 0 Å². The van der Waals surface area contributed by atoms with E-state index in [0.29, 0.717) is 25.3 Å². The van der Waals surface area contributed by atoms with Gasteiger partial charge in [-0.2, -0.15) is 0 Å². The van der Waals surface area contributed by atoms with E-state index >= 15 is 0 Å². The van der Waals surface area contributed by atoms with Gasteiger partial charge in [0.15, 0.2) is 5.58 Å². The van der Waals surface area contributed by atoms with Crippen LogP contribution < -0.4 is 4.90 Å². The van der Waals surface area contributed by atoms with Crippen LogP contribution in [0.25, 0.3) is 11.1 Å². The minimum atomic E-state index is 0.0525. The van der Waals surface area contributed by atoms with Gasteiger partial charge < -0.3 is 18.8 Å². The number of anilines is 1. The molecule has 3 heterocycles. The molecule has 3 aromatic rings. The highest BCUT2D eigenvalue weighted by molar-refractivity contribution is 6.30. The number of carbonyl (C=O) groups excluding carboxylic acids is 1. The predicted octanol–water partition coefficient (Wildman–Crippen LogP) is 4.43. The molecule has 0 N–H and O–H groups in total. The number of amides is 1. The van der Waals surface area contributed by atoms with Crippen LogP contribution in [-0.4, -0.2) is 41.6 Å². The Balaban J connectivity index is 1.51. The summed E-state index contributed by atoms with van der Waals surface area (Å²) in [5.74, 6) is 0.0525. The third-order valence-corrected chi connectivity index (χ3v) is 5.24. The molecule has 4 rings (SSSR count). The molecular formula is C21H22ClN3O2. The number of aromatic nitrogens is 1. The van der Waals surface area contributed by atoms with Crippen LogP contribution >= 0.6 is 11.6 Å². The zero-order chi connectivity index (χ0) is 18.8. The first-order valence-electron chi connectivity index (χ1n) is 9.15. The van der Waals surface area contributed by atoms with E-state index in [-0.39, 0.29) is 5.91 Å². The number of furan rings is 1. The average molecular weight is 384 g/mol. The van der Waals surface area contributed by atoms with Crippen molar-refractivity contribution in [2.75, 3.05) is 31.1 Å². The zero-order valence-corrected chi connectivity index (χ0v) is 16.0. The average Bonchev–Trinajstić information content (AvgIpc) is 3.27. The van der Waals surface area contributed by atoms with E-state index in [2.05, 4.69) is 11.0 Å². The summed E-state index contributed by atoms with van der Waals surface area (Å²) < 4.78 is 7.52. The fraction of sp³-hybridized carbons (Fsp3) is 0.286. The first-order chi connectivity index (χ1) is 13.2. The molecule has 1 saturated heterocycles. The van der Waals surface area contributed by atoms with Gasteiger partial charge in [-0.1, -0.05) is 29.8 Å². The minimum absolute atomic E-state index is 0.0525. The zero-order valence-electron chi connectivity index (χ0n) is 15.3. The molecule has 0 radical (unpaired) electrons. The maximum atomic E-state index is 13.1. The first-order valence-corrected chi connectivity index (χ1v) is 9.53. The molecule has 27 heavy (non-hydrogen) atoms. The SMILES string of the molecule is C/C=C\Cn1c(C(=O)N2CCN(c3cccc(Cl)c3)CC2)cc2occc21. The summed E-state index contributed by atoms with van der Waals surface area (Å²) in [5.41, 5.74) is 3.48. The molecule has 0 bridgehead atoms. The van der Waals surface area contributed by atoms with Crippen molar-refractivity contribution in [3.8, 4) is 0 Å². The van der Waals surface area contributed by atoms with Gasteiger partial charge in [-0.3, -0.25) is 4.79 Å². The molecule has 0 saturated carbocycles. The number of allylic oxidation sites excluding steroid dienone is 2. The predicted molar refractivity (Wildman–Crippen MR) is 109 cm³/mol. The van der Waals surface area contributed by atoms with Gasteiger partial charge in [0.2, 0.25) is 0 Å². The summed E-state index contributed by atoms with van der Waals surface area (Å²) in [5, 5.41) is 0.732. The van der Waals surface area contributed by atoms with E-state index in [1.54, 1.807) is 6.26 Å². The number of carbonyl (C=O) groups is 1. The number of hydrogen-bond acceptors (Lipinski definition) is 3. The van der Waals surface area contributed by atoms with Crippen LogP contribution in [0.15, 0.2) is 59.2 Å². The van der Waals surface area contributed by atoms with Gasteiger partial charge in [0.25, 0.3) is 5.91 Å². The Kier molecular flexibility index (Phi) is 4.94. The van der Waals surface area contributed by atoms with Crippen LogP contribution in [-0.2, 0) is 6.54 Å². The molecule has 0 atom stereocenters. The topological polar surface area (TPSA) is 41.6 Å². The van der Waals surface area contributed by atoms with Gasteiger partial charge in [0, 0.05) is 55.6 Å². The van der Waals surface area contributed by atoms with Crippen LogP contribution in [0.3, 0.4) is 0 Å². The van der Waals surface area contributed by atoms with E-state index < -0.39 is 0 Å². The van der Waals surface area contributed by atoms with Gasteiger partial charge in [-0.05, 0) is 25.1 Å². The fourth-order valence-electron chi connectivity index (χ4n) is 3.56. The molecule has 0 spiro atoms. The number of hydrogen-bond donors (Lipinski definition) is 0. The molecule has 5 nitrogen and oxygen atoms in total. The summed E-state index contributed by atoms with van der Waals surface area (Å²) in [6.07, 6.45) is 5.69. The van der Waals surface area contributed by atoms with Crippen molar-refractivity contribution < 1.29 is 9.21 Å². The van der Waals surface area contributed by atoms with Crippen LogP contribution in [0.1, 0.15) is 17.4 Å². The quantitative estimate of drug-likeness (QED) is 0.626. The molecule has 2 aromatic heterocycles. The Hall–Kier alpha value is -2.66. The van der Waals surface area contributed by atoms with E-state index in [0.717, 1.165) is 34.9 Å². The lowest BCUT2D eigenvalue weighted by atomic mass is 10.2. The minimum Gasteiger partial charge on any atom is -0.463 e. The highest BCUT2D eigenvalue weighted by atomic mass is 35.5. The van der Waals surface area contributed by atoms with Gasteiger partial charge >= 0.3 is 0 Å². The Labute approximate surface area is 163 Å². The van der Waals surface area contributed by atoms with E-state index in [1.165, 1.54) is 0 Å². The maximum Gasteiger partial charge on any atom is 0.270 e. The van der Waals surface area contributed by atoms with Crippen molar-refractivity contribution in [3.05, 3.63) is 65.5 Å². The monoisotopic (exact) mass is 383 g/mol. The summed E-state index contributed by atoms with van der Waals surface area (Å²) in [4.78, 5) is 17.3. The third kappa shape index (κ3) is 3.47. The standard InChI is InChI=1S/C21H22ClN3O2/c1-2-3-8-25-18-7-13-27-20(18)15-19(25)21(26)24-11-9-23(10-12-24)17-6-4-5-16(22)14-17/h2-7,13-15H,8-12H2,1H3/b3-2-. The number of piperazine rings is 1. The Bertz CT molecular complexity index is 980. The van der Waals surface area contributed by atoms with Crippen LogP contribution in [0.4, 0.5) is 5.69 Å². The molecule has 0 unspecified atom stereocenters. The van der Waals surface area contributed by atoms with E-state index in [4.69, 9.17) is 16.0 Å². The molecule has 1 aliphatic rings. The van der Waals surface area contributed by atoms with Crippen molar-refractivity contribution in [2.24, 2.45) is 0 Å². The number of nitrogens with zero attached hydrogens (tertiary/aromatic N) is 3.